The highest BCUT2D eigenvalue weighted by molar-refractivity contribution is 6.34. The molecule has 1 aromatic carbocycles. The first-order chi connectivity index (χ1) is 8.45. The summed E-state index contributed by atoms with van der Waals surface area (Å²) in [6.07, 6.45) is 1.39. The highest BCUT2D eigenvalue weighted by Gasteiger charge is 2.14. The summed E-state index contributed by atoms with van der Waals surface area (Å²) in [5.41, 5.74) is 6.08. The summed E-state index contributed by atoms with van der Waals surface area (Å²) in [6.45, 7) is 1.93. The molecule has 0 aliphatic carbocycles. The van der Waals surface area contributed by atoms with E-state index in [9.17, 15) is 9.59 Å². The van der Waals surface area contributed by atoms with Gasteiger partial charge >= 0.3 is 5.97 Å². The van der Waals surface area contributed by atoms with Crippen molar-refractivity contribution in [3.8, 4) is 0 Å². The third-order valence-electron chi connectivity index (χ3n) is 2.41. The molecular weight excluding hydrogens is 256 g/mol. The second-order valence-corrected chi connectivity index (χ2v) is 4.29. The van der Waals surface area contributed by atoms with Crippen LogP contribution in [-0.4, -0.2) is 23.0 Å². The molecule has 4 N–H and O–H groups in total. The molecule has 6 heteroatoms. The van der Waals surface area contributed by atoms with Crippen LogP contribution in [0.4, 0.5) is 5.69 Å². The van der Waals surface area contributed by atoms with Gasteiger partial charge in [0.05, 0.1) is 22.3 Å². The van der Waals surface area contributed by atoms with Crippen molar-refractivity contribution in [2.24, 2.45) is 5.73 Å². The maximum atomic E-state index is 11.7. The fourth-order valence-corrected chi connectivity index (χ4v) is 1.64. The predicted molar refractivity (Wildman–Crippen MR) is 69.9 cm³/mol. The van der Waals surface area contributed by atoms with E-state index in [1.54, 1.807) is 0 Å². The molecule has 0 radical (unpaired) electrons. The Hall–Kier alpha value is -1.59. The Labute approximate surface area is 110 Å². The van der Waals surface area contributed by atoms with Crippen molar-refractivity contribution in [1.29, 1.82) is 0 Å². The Kier molecular flexibility index (Phi) is 5.12. The summed E-state index contributed by atoms with van der Waals surface area (Å²) < 4.78 is 0. The molecule has 18 heavy (non-hydrogen) atoms. The van der Waals surface area contributed by atoms with E-state index >= 15 is 0 Å². The monoisotopic (exact) mass is 270 g/mol. The maximum absolute atomic E-state index is 11.7. The number of nitrogens with two attached hydrogens (primary N) is 1. The van der Waals surface area contributed by atoms with Gasteiger partial charge in [-0.05, 0) is 24.6 Å². The molecule has 1 atom stereocenters. The SMILES string of the molecule is CCC[C@H](N)C(=O)Nc1ccc(C(=O)O)cc1Cl. The molecule has 1 rings (SSSR count). The first-order valence-corrected chi connectivity index (χ1v) is 5.92. The third-order valence-corrected chi connectivity index (χ3v) is 2.72. The number of aromatic carboxylic acids is 1. The Morgan fingerprint density at radius 1 is 1.50 bits per heavy atom. The number of nitrogens with one attached hydrogen (secondary N) is 1. The molecule has 0 unspecified atom stereocenters. The number of hydrogen-bond acceptors (Lipinski definition) is 3. The van der Waals surface area contributed by atoms with E-state index in [1.807, 2.05) is 6.92 Å². The molecule has 1 amide bonds. The summed E-state index contributed by atoms with van der Waals surface area (Å²) in [6, 6.07) is 3.51. The summed E-state index contributed by atoms with van der Waals surface area (Å²) >= 11 is 5.88. The zero-order chi connectivity index (χ0) is 13.7. The van der Waals surface area contributed by atoms with Crippen LogP contribution in [-0.2, 0) is 4.79 Å². The number of hydrogen-bond donors (Lipinski definition) is 3. The number of benzene rings is 1. The van der Waals surface area contributed by atoms with E-state index in [2.05, 4.69) is 5.32 Å². The van der Waals surface area contributed by atoms with Gasteiger partial charge in [0.2, 0.25) is 5.91 Å². The van der Waals surface area contributed by atoms with Crippen molar-refractivity contribution in [3.63, 3.8) is 0 Å². The van der Waals surface area contributed by atoms with Gasteiger partial charge in [-0.3, -0.25) is 4.79 Å². The highest BCUT2D eigenvalue weighted by atomic mass is 35.5. The van der Waals surface area contributed by atoms with Crippen molar-refractivity contribution in [3.05, 3.63) is 28.8 Å². The van der Waals surface area contributed by atoms with E-state index < -0.39 is 12.0 Å². The average Bonchev–Trinajstić information content (AvgIpc) is 2.31. The van der Waals surface area contributed by atoms with Crippen LogP contribution in [0.5, 0.6) is 0 Å². The zero-order valence-electron chi connectivity index (χ0n) is 9.94. The number of carbonyl (C=O) groups excluding carboxylic acids is 1. The van der Waals surface area contributed by atoms with Gasteiger partial charge in [-0.1, -0.05) is 24.9 Å². The molecule has 0 heterocycles. The molecule has 5 nitrogen and oxygen atoms in total. The van der Waals surface area contributed by atoms with Gasteiger partial charge in [0.1, 0.15) is 0 Å². The normalized spacial score (nSPS) is 11.9. The lowest BCUT2D eigenvalue weighted by atomic mass is 10.1. The van der Waals surface area contributed by atoms with Crippen LogP contribution in [0.3, 0.4) is 0 Å². The van der Waals surface area contributed by atoms with Gasteiger partial charge in [-0.15, -0.1) is 0 Å². The molecule has 0 aromatic heterocycles. The number of carboxylic acids is 1. The molecule has 98 valence electrons. The second kappa shape index (κ2) is 6.37. The number of carbonyl (C=O) groups is 2. The predicted octanol–water partition coefficient (Wildman–Crippen LogP) is 2.10. The molecule has 0 fully saturated rings. The van der Waals surface area contributed by atoms with Crippen LogP contribution in [0.25, 0.3) is 0 Å². The Morgan fingerprint density at radius 3 is 2.67 bits per heavy atom. The van der Waals surface area contributed by atoms with Crippen LogP contribution in [0.2, 0.25) is 5.02 Å². The quantitative estimate of drug-likeness (QED) is 0.764. The zero-order valence-corrected chi connectivity index (χ0v) is 10.7. The van der Waals surface area contributed by atoms with Crippen molar-refractivity contribution in [2.75, 3.05) is 5.32 Å². The van der Waals surface area contributed by atoms with Crippen molar-refractivity contribution < 1.29 is 14.7 Å². The maximum Gasteiger partial charge on any atom is 0.335 e. The molecule has 0 spiro atoms. The van der Waals surface area contributed by atoms with E-state index in [1.165, 1.54) is 18.2 Å². The first-order valence-electron chi connectivity index (χ1n) is 5.55. The molecule has 0 aliphatic heterocycles. The topological polar surface area (TPSA) is 92.4 Å². The molecular formula is C12H15ClN2O3. The highest BCUT2D eigenvalue weighted by Crippen LogP contribution is 2.23. The van der Waals surface area contributed by atoms with Gasteiger partial charge < -0.3 is 16.2 Å². The number of anilines is 1. The lowest BCUT2D eigenvalue weighted by Gasteiger charge is -2.12. The Balaban J connectivity index is 2.79. The Bertz CT molecular complexity index is 463. The summed E-state index contributed by atoms with van der Waals surface area (Å²) in [7, 11) is 0. The van der Waals surface area contributed by atoms with Crippen molar-refractivity contribution in [1.82, 2.24) is 0 Å². The lowest BCUT2D eigenvalue weighted by Crippen LogP contribution is -2.35. The van der Waals surface area contributed by atoms with Crippen LogP contribution in [0.15, 0.2) is 18.2 Å². The van der Waals surface area contributed by atoms with E-state index in [4.69, 9.17) is 22.4 Å². The first kappa shape index (κ1) is 14.5. The largest absolute Gasteiger partial charge is 0.478 e. The molecule has 0 bridgehead atoms. The summed E-state index contributed by atoms with van der Waals surface area (Å²) in [4.78, 5) is 22.4. The van der Waals surface area contributed by atoms with Crippen molar-refractivity contribution in [2.45, 2.75) is 25.8 Å². The van der Waals surface area contributed by atoms with Crippen LogP contribution >= 0.6 is 11.6 Å². The standard InChI is InChI=1S/C12H15ClN2O3/c1-2-3-9(14)11(16)15-10-5-4-7(12(17)18)6-8(10)13/h4-6,9H,2-3,14H2,1H3,(H,15,16)(H,17,18)/t9-/m0/s1. The Morgan fingerprint density at radius 2 is 2.17 bits per heavy atom. The smallest absolute Gasteiger partial charge is 0.335 e. The minimum atomic E-state index is -1.07. The van der Waals surface area contributed by atoms with E-state index in [0.717, 1.165) is 6.42 Å². The third kappa shape index (κ3) is 3.72. The minimum absolute atomic E-state index is 0.0656. The minimum Gasteiger partial charge on any atom is -0.478 e. The van der Waals surface area contributed by atoms with Crippen LogP contribution < -0.4 is 11.1 Å². The molecule has 0 aliphatic rings. The van der Waals surface area contributed by atoms with Gasteiger partial charge in [0.25, 0.3) is 0 Å². The number of halogens is 1. The number of rotatable bonds is 5. The fraction of sp³-hybridized carbons (Fsp3) is 0.333. The van der Waals surface area contributed by atoms with E-state index in [0.29, 0.717) is 12.1 Å². The molecule has 0 saturated carbocycles. The van der Waals surface area contributed by atoms with Crippen molar-refractivity contribution >= 4 is 29.2 Å². The number of amides is 1. The van der Waals surface area contributed by atoms with Gasteiger partial charge in [0, 0.05) is 0 Å². The van der Waals surface area contributed by atoms with Gasteiger partial charge in [-0.2, -0.15) is 0 Å². The van der Waals surface area contributed by atoms with Crippen LogP contribution in [0, 0.1) is 0 Å². The lowest BCUT2D eigenvalue weighted by molar-refractivity contribution is -0.117. The summed E-state index contributed by atoms with van der Waals surface area (Å²) in [5, 5.41) is 11.5. The fourth-order valence-electron chi connectivity index (χ4n) is 1.42. The van der Waals surface area contributed by atoms with Gasteiger partial charge in [0.15, 0.2) is 0 Å². The van der Waals surface area contributed by atoms with Gasteiger partial charge in [-0.25, -0.2) is 4.79 Å². The van der Waals surface area contributed by atoms with E-state index in [-0.39, 0.29) is 16.5 Å². The molecule has 1 aromatic rings. The molecule has 0 saturated heterocycles. The average molecular weight is 271 g/mol. The van der Waals surface area contributed by atoms with Crippen LogP contribution in [0.1, 0.15) is 30.1 Å². The summed E-state index contributed by atoms with van der Waals surface area (Å²) in [5.74, 6) is -1.40. The second-order valence-electron chi connectivity index (χ2n) is 3.88. The number of carboxylic acid groups (broad SMARTS) is 1.